The van der Waals surface area contributed by atoms with Gasteiger partial charge in [-0.3, -0.25) is 14.5 Å². The van der Waals surface area contributed by atoms with Gasteiger partial charge in [0.05, 0.1) is 18.7 Å². The van der Waals surface area contributed by atoms with Crippen LogP contribution >= 0.6 is 11.3 Å². The van der Waals surface area contributed by atoms with E-state index in [1.54, 1.807) is 24.3 Å². The highest BCUT2D eigenvalue weighted by molar-refractivity contribution is 7.10. The summed E-state index contributed by atoms with van der Waals surface area (Å²) in [6, 6.07) is 15.9. The molecule has 2 amide bonds. The van der Waals surface area contributed by atoms with Crippen LogP contribution in [0.5, 0.6) is 5.75 Å². The van der Waals surface area contributed by atoms with Crippen LogP contribution in [0.4, 0.5) is 10.1 Å². The molecule has 5 nitrogen and oxygen atoms in total. The van der Waals surface area contributed by atoms with Crippen molar-refractivity contribution in [3.8, 4) is 5.75 Å². The highest BCUT2D eigenvalue weighted by Gasteiger charge is 2.35. The number of rotatable bonds is 9. The molecule has 0 bridgehead atoms. The molecule has 7 heteroatoms. The van der Waals surface area contributed by atoms with Crippen molar-refractivity contribution in [2.75, 3.05) is 11.5 Å². The van der Waals surface area contributed by atoms with Gasteiger partial charge in [0, 0.05) is 10.9 Å². The number of anilines is 1. The number of para-hydroxylation sites is 2. The van der Waals surface area contributed by atoms with Crippen molar-refractivity contribution in [2.24, 2.45) is 0 Å². The number of halogens is 1. The van der Waals surface area contributed by atoms with Gasteiger partial charge in [0.25, 0.3) is 0 Å². The highest BCUT2D eigenvalue weighted by atomic mass is 32.1. The predicted octanol–water partition coefficient (Wildman–Crippen LogP) is 5.66. The Labute approximate surface area is 203 Å². The van der Waals surface area contributed by atoms with E-state index in [-0.39, 0.29) is 24.3 Å². The van der Waals surface area contributed by atoms with E-state index in [1.165, 1.54) is 28.4 Å². The van der Waals surface area contributed by atoms with Gasteiger partial charge in [0.1, 0.15) is 17.6 Å². The van der Waals surface area contributed by atoms with Crippen molar-refractivity contribution in [2.45, 2.75) is 51.1 Å². The normalized spacial score (nSPS) is 14.5. The molecule has 0 aliphatic heterocycles. The van der Waals surface area contributed by atoms with Gasteiger partial charge in [-0.2, -0.15) is 0 Å². The molecule has 4 rings (SSSR count). The fourth-order valence-electron chi connectivity index (χ4n) is 4.41. The van der Waals surface area contributed by atoms with Crippen LogP contribution in [0.25, 0.3) is 0 Å². The van der Waals surface area contributed by atoms with E-state index in [0.29, 0.717) is 23.6 Å². The number of hydrogen-bond donors (Lipinski definition) is 1. The van der Waals surface area contributed by atoms with E-state index in [0.717, 1.165) is 30.6 Å². The molecule has 1 unspecified atom stereocenters. The summed E-state index contributed by atoms with van der Waals surface area (Å²) < 4.78 is 19.6. The molecule has 2 aromatic carbocycles. The van der Waals surface area contributed by atoms with Crippen molar-refractivity contribution in [1.29, 1.82) is 0 Å². The lowest BCUT2D eigenvalue weighted by molar-refractivity contribution is -0.127. The van der Waals surface area contributed by atoms with Crippen LogP contribution in [0.2, 0.25) is 0 Å². The summed E-state index contributed by atoms with van der Waals surface area (Å²) in [6.45, 7) is 2.29. The first-order chi connectivity index (χ1) is 16.6. The summed E-state index contributed by atoms with van der Waals surface area (Å²) in [4.78, 5) is 30.0. The van der Waals surface area contributed by atoms with E-state index in [2.05, 4.69) is 5.32 Å². The first kappa shape index (κ1) is 24.0. The third-order valence-electron chi connectivity index (χ3n) is 5.99. The number of nitrogens with one attached hydrogen (secondary N) is 1. The number of hydrogen-bond acceptors (Lipinski definition) is 4. The summed E-state index contributed by atoms with van der Waals surface area (Å²) in [5, 5.41) is 5.06. The van der Waals surface area contributed by atoms with Crippen LogP contribution < -0.4 is 15.0 Å². The van der Waals surface area contributed by atoms with Crippen molar-refractivity contribution < 1.29 is 18.7 Å². The van der Waals surface area contributed by atoms with Gasteiger partial charge in [-0.25, -0.2) is 4.39 Å². The van der Waals surface area contributed by atoms with Crippen molar-refractivity contribution in [1.82, 2.24) is 5.32 Å². The highest BCUT2D eigenvalue weighted by Crippen LogP contribution is 2.36. The van der Waals surface area contributed by atoms with Crippen LogP contribution in [0.1, 0.15) is 49.1 Å². The van der Waals surface area contributed by atoms with E-state index < -0.39 is 11.9 Å². The summed E-state index contributed by atoms with van der Waals surface area (Å²) in [5.41, 5.74) is 1.06. The van der Waals surface area contributed by atoms with Gasteiger partial charge in [-0.05, 0) is 61.0 Å². The standard InChI is InChI=1S/C27H29FN2O3S/c1-2-33-24-12-6-5-11-23(24)30(25(31)18-22-10-7-17-34-22)26(19-13-15-20(28)16-14-19)27(32)29-21-8-3-4-9-21/h5-7,10-17,21,26H,2-4,8-9,18H2,1H3,(H,29,32). The SMILES string of the molecule is CCOc1ccccc1N(C(=O)Cc1cccs1)C(C(=O)NC1CCCC1)c1ccc(F)cc1. The zero-order chi connectivity index (χ0) is 23.9. The average Bonchev–Trinajstić information content (AvgIpc) is 3.53. The summed E-state index contributed by atoms with van der Waals surface area (Å²) in [5.74, 6) is -0.384. The van der Waals surface area contributed by atoms with Crippen molar-refractivity contribution in [3.63, 3.8) is 0 Å². The fourth-order valence-corrected chi connectivity index (χ4v) is 5.11. The largest absolute Gasteiger partial charge is 0.492 e. The third kappa shape index (κ3) is 5.65. The number of ether oxygens (including phenoxy) is 1. The molecule has 1 heterocycles. The van der Waals surface area contributed by atoms with E-state index in [4.69, 9.17) is 4.74 Å². The number of benzene rings is 2. The zero-order valence-corrected chi connectivity index (χ0v) is 20.0. The Morgan fingerprint density at radius 3 is 2.50 bits per heavy atom. The van der Waals surface area contributed by atoms with Crippen LogP contribution in [0, 0.1) is 5.82 Å². The van der Waals surface area contributed by atoms with Gasteiger partial charge in [0.15, 0.2) is 0 Å². The topological polar surface area (TPSA) is 58.6 Å². The minimum atomic E-state index is -0.963. The second-order valence-corrected chi connectivity index (χ2v) is 9.40. The second-order valence-electron chi connectivity index (χ2n) is 8.36. The van der Waals surface area contributed by atoms with Gasteiger partial charge in [0.2, 0.25) is 11.8 Å². The second kappa shape index (κ2) is 11.3. The molecule has 1 aliphatic rings. The van der Waals surface area contributed by atoms with Crippen molar-refractivity contribution >= 4 is 28.8 Å². The average molecular weight is 481 g/mol. The van der Waals surface area contributed by atoms with Gasteiger partial charge in [-0.15, -0.1) is 11.3 Å². The third-order valence-corrected chi connectivity index (χ3v) is 6.87. The van der Waals surface area contributed by atoms with E-state index >= 15 is 0 Å². The molecule has 0 saturated heterocycles. The number of carbonyl (C=O) groups excluding carboxylic acids is 2. The molecular formula is C27H29FN2O3S. The lowest BCUT2D eigenvalue weighted by atomic mass is 10.0. The molecule has 0 spiro atoms. The lowest BCUT2D eigenvalue weighted by Crippen LogP contribution is -2.47. The first-order valence-corrected chi connectivity index (χ1v) is 12.6. The Morgan fingerprint density at radius 1 is 1.09 bits per heavy atom. The number of amides is 2. The number of nitrogens with zero attached hydrogens (tertiary/aromatic N) is 1. The number of thiophene rings is 1. The van der Waals surface area contributed by atoms with E-state index in [9.17, 15) is 14.0 Å². The molecule has 1 aliphatic carbocycles. The predicted molar refractivity (Wildman–Crippen MR) is 133 cm³/mol. The first-order valence-electron chi connectivity index (χ1n) is 11.7. The summed E-state index contributed by atoms with van der Waals surface area (Å²) in [6.07, 6.45) is 4.12. The van der Waals surface area contributed by atoms with Crippen LogP contribution in [0.3, 0.4) is 0 Å². The maximum absolute atomic E-state index is 13.8. The minimum absolute atomic E-state index is 0.0758. The Morgan fingerprint density at radius 2 is 1.82 bits per heavy atom. The van der Waals surface area contributed by atoms with Gasteiger partial charge in [-0.1, -0.05) is 43.2 Å². The number of carbonyl (C=O) groups is 2. The molecule has 1 N–H and O–H groups in total. The molecule has 178 valence electrons. The maximum atomic E-state index is 13.8. The molecule has 34 heavy (non-hydrogen) atoms. The molecule has 3 aromatic rings. The molecule has 1 fully saturated rings. The molecule has 0 radical (unpaired) electrons. The van der Waals surface area contributed by atoms with Crippen LogP contribution in [-0.4, -0.2) is 24.5 Å². The van der Waals surface area contributed by atoms with Gasteiger partial charge < -0.3 is 10.1 Å². The minimum Gasteiger partial charge on any atom is -0.492 e. The smallest absolute Gasteiger partial charge is 0.248 e. The van der Waals surface area contributed by atoms with E-state index in [1.807, 2.05) is 36.6 Å². The quantitative estimate of drug-likeness (QED) is 0.430. The Bertz CT molecular complexity index is 1100. The van der Waals surface area contributed by atoms with Crippen LogP contribution in [0.15, 0.2) is 66.0 Å². The summed E-state index contributed by atoms with van der Waals surface area (Å²) >= 11 is 1.49. The zero-order valence-electron chi connectivity index (χ0n) is 19.2. The monoisotopic (exact) mass is 480 g/mol. The Kier molecular flexibility index (Phi) is 7.95. The summed E-state index contributed by atoms with van der Waals surface area (Å²) in [7, 11) is 0. The Balaban J connectivity index is 1.79. The molecular weight excluding hydrogens is 451 g/mol. The molecule has 1 aromatic heterocycles. The van der Waals surface area contributed by atoms with Crippen molar-refractivity contribution in [3.05, 3.63) is 82.3 Å². The Hall–Kier alpha value is -3.19. The molecule has 1 saturated carbocycles. The van der Waals surface area contributed by atoms with Crippen LogP contribution in [-0.2, 0) is 16.0 Å². The fraction of sp³-hybridized carbons (Fsp3) is 0.333. The van der Waals surface area contributed by atoms with Gasteiger partial charge >= 0.3 is 0 Å². The maximum Gasteiger partial charge on any atom is 0.248 e. The molecule has 1 atom stereocenters. The lowest BCUT2D eigenvalue weighted by Gasteiger charge is -2.33.